The van der Waals surface area contributed by atoms with E-state index in [0.29, 0.717) is 5.56 Å². The highest BCUT2D eigenvalue weighted by Gasteiger charge is 2.21. The number of amides is 1. The van der Waals surface area contributed by atoms with Crippen LogP contribution in [0.2, 0.25) is 5.02 Å². The predicted octanol–water partition coefficient (Wildman–Crippen LogP) is 3.52. The highest BCUT2D eigenvalue weighted by molar-refractivity contribution is 7.92. The molecule has 2 aromatic rings. The summed E-state index contributed by atoms with van der Waals surface area (Å²) in [4.78, 5) is 13.7. The highest BCUT2D eigenvalue weighted by Crippen LogP contribution is 2.25. The number of halogens is 2. The fourth-order valence-corrected chi connectivity index (χ4v) is 4.25. The lowest BCUT2D eigenvalue weighted by molar-refractivity contribution is 0.0793. The molecule has 1 saturated heterocycles. The van der Waals surface area contributed by atoms with Crippen LogP contribution in [0.4, 0.5) is 10.1 Å². The summed E-state index contributed by atoms with van der Waals surface area (Å²) in [5.41, 5.74) is 0.756. The second-order valence-electron chi connectivity index (χ2n) is 5.76. The molecule has 1 amide bonds. The SMILES string of the molecule is O=C(c1ccc(NS(=O)(=O)c2cc(F)ccc2Cl)cc1)N1CCCC1. The van der Waals surface area contributed by atoms with E-state index < -0.39 is 15.8 Å². The Balaban J connectivity index is 1.78. The average Bonchev–Trinajstić information content (AvgIpc) is 3.11. The van der Waals surface area contributed by atoms with Gasteiger partial charge in [-0.25, -0.2) is 12.8 Å². The van der Waals surface area contributed by atoms with Crippen LogP contribution in [-0.4, -0.2) is 32.3 Å². The quantitative estimate of drug-likeness (QED) is 0.879. The number of nitrogens with one attached hydrogen (secondary N) is 1. The van der Waals surface area contributed by atoms with E-state index in [4.69, 9.17) is 11.6 Å². The van der Waals surface area contributed by atoms with Gasteiger partial charge in [-0.05, 0) is 55.3 Å². The minimum absolute atomic E-state index is 0.0694. The third-order valence-corrected chi connectivity index (χ3v) is 5.82. The Morgan fingerprint density at radius 1 is 1.08 bits per heavy atom. The van der Waals surface area contributed by atoms with Crippen LogP contribution in [0.25, 0.3) is 0 Å². The van der Waals surface area contributed by atoms with Crippen LogP contribution < -0.4 is 4.72 Å². The van der Waals surface area contributed by atoms with E-state index in [9.17, 15) is 17.6 Å². The highest BCUT2D eigenvalue weighted by atomic mass is 35.5. The molecule has 0 unspecified atom stereocenters. The third-order valence-electron chi connectivity index (χ3n) is 3.96. The molecule has 0 spiro atoms. The van der Waals surface area contributed by atoms with Crippen molar-refractivity contribution in [2.24, 2.45) is 0 Å². The molecule has 1 heterocycles. The van der Waals surface area contributed by atoms with Crippen molar-refractivity contribution in [1.82, 2.24) is 4.90 Å². The summed E-state index contributed by atoms with van der Waals surface area (Å²) in [5, 5.41) is -0.0743. The molecule has 25 heavy (non-hydrogen) atoms. The van der Waals surface area contributed by atoms with Crippen LogP contribution in [0.5, 0.6) is 0 Å². The molecule has 0 radical (unpaired) electrons. The fraction of sp³-hybridized carbons (Fsp3) is 0.235. The van der Waals surface area contributed by atoms with Gasteiger partial charge in [0.15, 0.2) is 0 Å². The van der Waals surface area contributed by atoms with Crippen molar-refractivity contribution >= 4 is 33.2 Å². The molecular weight excluding hydrogens is 367 g/mol. The second kappa shape index (κ2) is 7.01. The Kier molecular flexibility index (Phi) is 4.96. The van der Waals surface area contributed by atoms with E-state index in [0.717, 1.165) is 38.1 Å². The molecule has 0 atom stereocenters. The van der Waals surface area contributed by atoms with Crippen molar-refractivity contribution in [1.29, 1.82) is 0 Å². The Bertz CT molecular complexity index is 895. The second-order valence-corrected chi connectivity index (χ2v) is 7.81. The van der Waals surface area contributed by atoms with E-state index in [1.165, 1.54) is 18.2 Å². The number of likely N-dealkylation sites (tertiary alicyclic amines) is 1. The number of benzene rings is 2. The number of carbonyl (C=O) groups is 1. The zero-order valence-electron chi connectivity index (χ0n) is 13.2. The summed E-state index contributed by atoms with van der Waals surface area (Å²) >= 11 is 5.85. The van der Waals surface area contributed by atoms with Crippen LogP contribution in [0, 0.1) is 5.82 Å². The Morgan fingerprint density at radius 3 is 2.36 bits per heavy atom. The van der Waals surface area contributed by atoms with Crippen LogP contribution in [0.3, 0.4) is 0 Å². The van der Waals surface area contributed by atoms with Gasteiger partial charge in [0, 0.05) is 24.3 Å². The smallest absolute Gasteiger partial charge is 0.263 e. The Morgan fingerprint density at radius 2 is 1.72 bits per heavy atom. The van der Waals surface area contributed by atoms with Crippen molar-refractivity contribution in [2.45, 2.75) is 17.7 Å². The largest absolute Gasteiger partial charge is 0.339 e. The molecule has 1 aliphatic heterocycles. The van der Waals surface area contributed by atoms with E-state index in [1.54, 1.807) is 17.0 Å². The van der Waals surface area contributed by atoms with Gasteiger partial charge < -0.3 is 4.90 Å². The Labute approximate surface area is 150 Å². The average molecular weight is 383 g/mol. The van der Waals surface area contributed by atoms with E-state index >= 15 is 0 Å². The molecule has 1 fully saturated rings. The minimum Gasteiger partial charge on any atom is -0.339 e. The van der Waals surface area contributed by atoms with E-state index in [1.807, 2.05) is 0 Å². The van der Waals surface area contributed by atoms with Gasteiger partial charge in [-0.15, -0.1) is 0 Å². The maximum Gasteiger partial charge on any atom is 0.263 e. The molecule has 132 valence electrons. The molecule has 0 saturated carbocycles. The lowest BCUT2D eigenvalue weighted by Gasteiger charge is -2.15. The van der Waals surface area contributed by atoms with Gasteiger partial charge in [0.2, 0.25) is 0 Å². The molecule has 2 aromatic carbocycles. The molecule has 1 aliphatic rings. The van der Waals surface area contributed by atoms with Gasteiger partial charge in [0.05, 0.1) is 5.02 Å². The normalized spacial score (nSPS) is 14.6. The van der Waals surface area contributed by atoms with Gasteiger partial charge in [0.1, 0.15) is 10.7 Å². The summed E-state index contributed by atoms with van der Waals surface area (Å²) in [6, 6.07) is 9.23. The zero-order valence-corrected chi connectivity index (χ0v) is 14.8. The molecular formula is C17H16ClFN2O3S. The lowest BCUT2D eigenvalue weighted by Crippen LogP contribution is -2.27. The predicted molar refractivity (Wildman–Crippen MR) is 93.8 cm³/mol. The van der Waals surface area contributed by atoms with Crippen molar-refractivity contribution in [2.75, 3.05) is 17.8 Å². The lowest BCUT2D eigenvalue weighted by atomic mass is 10.2. The fourth-order valence-electron chi connectivity index (χ4n) is 2.68. The van der Waals surface area contributed by atoms with Crippen molar-refractivity contribution < 1.29 is 17.6 Å². The molecule has 5 nitrogen and oxygen atoms in total. The van der Waals surface area contributed by atoms with Crippen molar-refractivity contribution in [3.05, 3.63) is 58.9 Å². The van der Waals surface area contributed by atoms with Gasteiger partial charge in [-0.1, -0.05) is 11.6 Å². The van der Waals surface area contributed by atoms with Crippen LogP contribution in [0.15, 0.2) is 47.4 Å². The van der Waals surface area contributed by atoms with Crippen LogP contribution in [-0.2, 0) is 10.0 Å². The monoisotopic (exact) mass is 382 g/mol. The number of anilines is 1. The third kappa shape index (κ3) is 3.93. The van der Waals surface area contributed by atoms with Crippen molar-refractivity contribution in [3.63, 3.8) is 0 Å². The molecule has 3 rings (SSSR count). The maximum atomic E-state index is 13.3. The number of hydrogen-bond donors (Lipinski definition) is 1. The van der Waals surface area contributed by atoms with Crippen LogP contribution >= 0.6 is 11.6 Å². The van der Waals surface area contributed by atoms with Gasteiger partial charge in [0.25, 0.3) is 15.9 Å². The van der Waals surface area contributed by atoms with E-state index in [2.05, 4.69) is 4.72 Å². The number of carbonyl (C=O) groups excluding carboxylic acids is 1. The summed E-state index contributed by atoms with van der Waals surface area (Å²) in [7, 11) is -4.03. The summed E-state index contributed by atoms with van der Waals surface area (Å²) in [6.07, 6.45) is 2.00. The van der Waals surface area contributed by atoms with Gasteiger partial charge >= 0.3 is 0 Å². The molecule has 0 bridgehead atoms. The topological polar surface area (TPSA) is 66.5 Å². The van der Waals surface area contributed by atoms with Gasteiger partial charge in [-0.3, -0.25) is 9.52 Å². The van der Waals surface area contributed by atoms with E-state index in [-0.39, 0.29) is 21.5 Å². The van der Waals surface area contributed by atoms with Gasteiger partial charge in [-0.2, -0.15) is 0 Å². The molecule has 0 aromatic heterocycles. The first-order chi connectivity index (χ1) is 11.9. The summed E-state index contributed by atoms with van der Waals surface area (Å²) in [6.45, 7) is 1.48. The summed E-state index contributed by atoms with van der Waals surface area (Å²) in [5.74, 6) is -0.767. The number of hydrogen-bond acceptors (Lipinski definition) is 3. The molecule has 8 heteroatoms. The van der Waals surface area contributed by atoms with Crippen molar-refractivity contribution in [3.8, 4) is 0 Å². The molecule has 1 N–H and O–H groups in total. The summed E-state index contributed by atoms with van der Waals surface area (Å²) < 4.78 is 40.4. The first-order valence-corrected chi connectivity index (χ1v) is 9.60. The standard InChI is InChI=1S/C17H16ClFN2O3S/c18-15-8-5-13(19)11-16(15)25(23,24)20-14-6-3-12(4-7-14)17(22)21-9-1-2-10-21/h3-8,11,20H,1-2,9-10H2. The molecule has 0 aliphatic carbocycles. The minimum atomic E-state index is -4.03. The number of rotatable bonds is 4. The number of sulfonamides is 1. The zero-order chi connectivity index (χ0) is 18.0. The first kappa shape index (κ1) is 17.7. The Hall–Kier alpha value is -2.12. The maximum absolute atomic E-state index is 13.3. The number of nitrogens with zero attached hydrogens (tertiary/aromatic N) is 1. The first-order valence-electron chi connectivity index (χ1n) is 7.74. The van der Waals surface area contributed by atoms with Crippen LogP contribution in [0.1, 0.15) is 23.2 Å².